The van der Waals surface area contributed by atoms with Crippen molar-refractivity contribution in [3.8, 4) is 0 Å². The first-order valence-corrected chi connectivity index (χ1v) is 6.88. The van der Waals surface area contributed by atoms with E-state index in [0.717, 1.165) is 43.7 Å². The molecule has 0 bridgehead atoms. The molecule has 0 fully saturated rings. The van der Waals surface area contributed by atoms with Gasteiger partial charge in [0.05, 0.1) is 0 Å². The molecular formula is C14H26N4O. The molecule has 19 heavy (non-hydrogen) atoms. The molecule has 0 radical (unpaired) electrons. The van der Waals surface area contributed by atoms with E-state index in [9.17, 15) is 4.79 Å². The highest BCUT2D eigenvalue weighted by Crippen LogP contribution is 2.19. The molecule has 0 saturated heterocycles. The van der Waals surface area contributed by atoms with Crippen LogP contribution in [0.25, 0.3) is 0 Å². The van der Waals surface area contributed by atoms with E-state index in [1.54, 1.807) is 0 Å². The van der Waals surface area contributed by atoms with Crippen LogP contribution in [0.2, 0.25) is 0 Å². The molecule has 1 aliphatic heterocycles. The topological polar surface area (TPSA) is 75.6 Å². The summed E-state index contributed by atoms with van der Waals surface area (Å²) in [5, 5.41) is 0. The van der Waals surface area contributed by atoms with Gasteiger partial charge in [-0.15, -0.1) is 0 Å². The zero-order valence-electron chi connectivity index (χ0n) is 12.1. The lowest BCUT2D eigenvalue weighted by Crippen LogP contribution is -2.37. The number of hydrogen-bond acceptors (Lipinski definition) is 4. The Balaban J connectivity index is 2.39. The summed E-state index contributed by atoms with van der Waals surface area (Å²) in [5.41, 5.74) is 13.2. The molecule has 0 saturated carbocycles. The maximum Gasteiger partial charge on any atom is 0.254 e. The van der Waals surface area contributed by atoms with Gasteiger partial charge in [-0.25, -0.2) is 0 Å². The fraction of sp³-hybridized carbons (Fsp3) is 0.643. The smallest absolute Gasteiger partial charge is 0.254 e. The number of hydrogen-bond donors (Lipinski definition) is 2. The van der Waals surface area contributed by atoms with Crippen LogP contribution in [0.3, 0.4) is 0 Å². The van der Waals surface area contributed by atoms with Crippen molar-refractivity contribution in [1.82, 2.24) is 9.80 Å². The van der Waals surface area contributed by atoms with E-state index < -0.39 is 0 Å². The second-order valence-corrected chi connectivity index (χ2v) is 4.86. The predicted molar refractivity (Wildman–Crippen MR) is 78.4 cm³/mol. The molecule has 0 aliphatic carbocycles. The number of carbonyl (C=O) groups is 1. The largest absolute Gasteiger partial charge is 0.335 e. The number of rotatable bonds is 8. The van der Waals surface area contributed by atoms with Crippen molar-refractivity contribution in [3.05, 3.63) is 23.3 Å². The average molecular weight is 266 g/mol. The molecular weight excluding hydrogens is 240 g/mol. The van der Waals surface area contributed by atoms with Crippen molar-refractivity contribution >= 4 is 5.91 Å². The Bertz CT molecular complexity index is 362. The van der Waals surface area contributed by atoms with Crippen LogP contribution in [0.4, 0.5) is 0 Å². The van der Waals surface area contributed by atoms with Gasteiger partial charge in [-0.2, -0.15) is 0 Å². The molecule has 108 valence electrons. The van der Waals surface area contributed by atoms with Crippen LogP contribution in [0.15, 0.2) is 23.3 Å². The molecule has 4 N–H and O–H groups in total. The molecule has 0 aromatic carbocycles. The van der Waals surface area contributed by atoms with Crippen molar-refractivity contribution in [3.63, 3.8) is 0 Å². The maximum absolute atomic E-state index is 12.1. The van der Waals surface area contributed by atoms with Crippen LogP contribution in [-0.2, 0) is 4.79 Å². The Labute approximate surface area is 115 Å². The Morgan fingerprint density at radius 1 is 1.37 bits per heavy atom. The molecule has 1 amide bonds. The quantitative estimate of drug-likeness (QED) is 0.619. The number of carbonyl (C=O) groups excluding carboxylic acids is 1. The molecule has 5 heteroatoms. The second-order valence-electron chi connectivity index (χ2n) is 4.86. The van der Waals surface area contributed by atoms with Gasteiger partial charge in [-0.05, 0) is 25.8 Å². The fourth-order valence-corrected chi connectivity index (χ4v) is 2.32. The average Bonchev–Trinajstić information content (AvgIpc) is 2.66. The third-order valence-corrected chi connectivity index (χ3v) is 3.34. The molecule has 5 nitrogen and oxygen atoms in total. The van der Waals surface area contributed by atoms with Crippen LogP contribution in [0, 0.1) is 0 Å². The summed E-state index contributed by atoms with van der Waals surface area (Å²) < 4.78 is 0. The van der Waals surface area contributed by atoms with Crippen molar-refractivity contribution in [2.75, 3.05) is 39.4 Å². The highest BCUT2D eigenvalue weighted by atomic mass is 16.2. The maximum atomic E-state index is 12.1. The zero-order valence-corrected chi connectivity index (χ0v) is 12.1. The molecule has 1 aliphatic rings. The second kappa shape index (κ2) is 8.09. The summed E-state index contributed by atoms with van der Waals surface area (Å²) in [5.74, 6) is 0.147. The summed E-state index contributed by atoms with van der Waals surface area (Å²) in [6.07, 6.45) is 4.75. The van der Waals surface area contributed by atoms with E-state index in [1.165, 1.54) is 0 Å². The van der Waals surface area contributed by atoms with Crippen molar-refractivity contribution in [2.45, 2.75) is 20.3 Å². The highest BCUT2D eigenvalue weighted by molar-refractivity contribution is 5.99. The molecule has 0 aromatic heterocycles. The van der Waals surface area contributed by atoms with Gasteiger partial charge in [0.15, 0.2) is 0 Å². The monoisotopic (exact) mass is 266 g/mol. The number of amides is 1. The number of allylic oxidation sites excluding steroid dienone is 1. The van der Waals surface area contributed by atoms with E-state index in [-0.39, 0.29) is 5.91 Å². The molecule has 1 heterocycles. The highest BCUT2D eigenvalue weighted by Gasteiger charge is 2.25. The summed E-state index contributed by atoms with van der Waals surface area (Å²) in [4.78, 5) is 16.1. The molecule has 1 rings (SSSR count). The first-order valence-electron chi connectivity index (χ1n) is 6.88. The first-order chi connectivity index (χ1) is 9.13. The lowest BCUT2D eigenvalue weighted by molar-refractivity contribution is -0.125. The lowest BCUT2D eigenvalue weighted by Gasteiger charge is -2.22. The van der Waals surface area contributed by atoms with E-state index >= 15 is 0 Å². The third-order valence-electron chi connectivity index (χ3n) is 3.34. The van der Waals surface area contributed by atoms with E-state index in [1.807, 2.05) is 30.9 Å². The Hall–Kier alpha value is -1.17. The van der Waals surface area contributed by atoms with Gasteiger partial charge < -0.3 is 16.4 Å². The van der Waals surface area contributed by atoms with Crippen molar-refractivity contribution in [2.24, 2.45) is 11.5 Å². The van der Waals surface area contributed by atoms with Gasteiger partial charge >= 0.3 is 0 Å². The first kappa shape index (κ1) is 15.9. The summed E-state index contributed by atoms with van der Waals surface area (Å²) in [6.45, 7) is 8.31. The van der Waals surface area contributed by atoms with E-state index in [4.69, 9.17) is 11.5 Å². The van der Waals surface area contributed by atoms with Crippen LogP contribution in [0.1, 0.15) is 20.3 Å². The summed E-state index contributed by atoms with van der Waals surface area (Å²) in [7, 11) is 0. The number of nitrogens with two attached hydrogens (primary N) is 2. The Morgan fingerprint density at radius 3 is 2.68 bits per heavy atom. The summed E-state index contributed by atoms with van der Waals surface area (Å²) in [6, 6.07) is 0. The minimum atomic E-state index is 0.147. The molecule has 0 atom stereocenters. The van der Waals surface area contributed by atoms with Gasteiger partial charge in [0, 0.05) is 45.0 Å². The minimum Gasteiger partial charge on any atom is -0.335 e. The molecule has 0 spiro atoms. The fourth-order valence-electron chi connectivity index (χ4n) is 2.32. The zero-order chi connectivity index (χ0) is 14.3. The van der Waals surface area contributed by atoms with Crippen LogP contribution in [0.5, 0.6) is 0 Å². The third kappa shape index (κ3) is 4.45. The lowest BCUT2D eigenvalue weighted by atomic mass is 10.1. The van der Waals surface area contributed by atoms with Crippen LogP contribution >= 0.6 is 0 Å². The van der Waals surface area contributed by atoms with E-state index in [0.29, 0.717) is 13.2 Å². The van der Waals surface area contributed by atoms with Gasteiger partial charge in [0.2, 0.25) is 0 Å². The summed E-state index contributed by atoms with van der Waals surface area (Å²) >= 11 is 0. The van der Waals surface area contributed by atoms with Crippen molar-refractivity contribution < 1.29 is 4.79 Å². The van der Waals surface area contributed by atoms with Gasteiger partial charge in [0.25, 0.3) is 5.91 Å². The van der Waals surface area contributed by atoms with Gasteiger partial charge in [-0.3, -0.25) is 9.69 Å². The van der Waals surface area contributed by atoms with Crippen LogP contribution < -0.4 is 11.5 Å². The Kier molecular flexibility index (Phi) is 6.77. The standard InChI is InChI=1S/C14H26N4O/c1-3-5-13-12(2)10-18(14(13)19)8-4-7-17(11-16)9-6-15/h3,5H,4,6-11,15-16H2,1-2H3/b5-3-. The van der Waals surface area contributed by atoms with Crippen LogP contribution in [-0.4, -0.2) is 55.1 Å². The predicted octanol–water partition coefficient (Wildman–Crippen LogP) is 0.288. The normalized spacial score (nSPS) is 16.5. The van der Waals surface area contributed by atoms with E-state index in [2.05, 4.69) is 4.90 Å². The minimum absolute atomic E-state index is 0.147. The molecule has 0 unspecified atom stereocenters. The molecule has 0 aromatic rings. The number of nitrogens with zero attached hydrogens (tertiary/aromatic N) is 2. The Morgan fingerprint density at radius 2 is 2.11 bits per heavy atom. The SMILES string of the molecule is C/C=C\C1=C(C)CN(CCCN(CN)CCN)C1=O. The van der Waals surface area contributed by atoms with Crippen molar-refractivity contribution in [1.29, 1.82) is 0 Å². The van der Waals surface area contributed by atoms with Gasteiger partial charge in [-0.1, -0.05) is 12.2 Å². The van der Waals surface area contributed by atoms with Gasteiger partial charge in [0.1, 0.15) is 0 Å².